The lowest BCUT2D eigenvalue weighted by atomic mass is 10.0. The summed E-state index contributed by atoms with van der Waals surface area (Å²) in [7, 11) is 0. The van der Waals surface area contributed by atoms with Crippen molar-refractivity contribution < 1.29 is 9.59 Å². The van der Waals surface area contributed by atoms with Gasteiger partial charge in [-0.15, -0.1) is 0 Å². The van der Waals surface area contributed by atoms with E-state index in [4.69, 9.17) is 0 Å². The molecule has 0 saturated heterocycles. The summed E-state index contributed by atoms with van der Waals surface area (Å²) < 4.78 is 0. The van der Waals surface area contributed by atoms with Crippen LogP contribution in [0.3, 0.4) is 0 Å². The molecule has 0 radical (unpaired) electrons. The summed E-state index contributed by atoms with van der Waals surface area (Å²) in [6, 6.07) is 19.6. The first-order valence-electron chi connectivity index (χ1n) is 8.56. The largest absolute Gasteiger partial charge is 0.354 e. The average molecular weight is 323 g/mol. The molecule has 2 rings (SSSR count). The van der Waals surface area contributed by atoms with Crippen molar-refractivity contribution in [3.05, 3.63) is 71.8 Å². The van der Waals surface area contributed by atoms with Gasteiger partial charge < -0.3 is 5.32 Å². The fourth-order valence-electron chi connectivity index (χ4n) is 2.62. The molecule has 24 heavy (non-hydrogen) atoms. The normalized spacial score (nSPS) is 11.7. The first kappa shape index (κ1) is 17.9. The summed E-state index contributed by atoms with van der Waals surface area (Å²) >= 11 is 0. The van der Waals surface area contributed by atoms with Crippen LogP contribution in [-0.2, 0) is 11.2 Å². The van der Waals surface area contributed by atoms with Crippen LogP contribution in [0.1, 0.15) is 48.5 Å². The topological polar surface area (TPSA) is 46.2 Å². The molecule has 0 bridgehead atoms. The van der Waals surface area contributed by atoms with Crippen molar-refractivity contribution in [3.8, 4) is 0 Å². The van der Waals surface area contributed by atoms with Crippen LogP contribution in [0.4, 0.5) is 0 Å². The van der Waals surface area contributed by atoms with Crippen LogP contribution >= 0.6 is 0 Å². The lowest BCUT2D eigenvalue weighted by Gasteiger charge is -2.13. The quantitative estimate of drug-likeness (QED) is 0.704. The number of aryl methyl sites for hydroxylation is 1. The maximum atomic E-state index is 12.0. The lowest BCUT2D eigenvalue weighted by Crippen LogP contribution is -2.32. The number of benzene rings is 2. The maximum Gasteiger partial charge on any atom is 0.220 e. The van der Waals surface area contributed by atoms with E-state index in [-0.39, 0.29) is 17.7 Å². The molecule has 1 atom stereocenters. The van der Waals surface area contributed by atoms with E-state index in [1.165, 1.54) is 5.56 Å². The van der Waals surface area contributed by atoms with Gasteiger partial charge in [0, 0.05) is 24.4 Å². The Labute approximate surface area is 144 Å². The van der Waals surface area contributed by atoms with E-state index in [1.807, 2.05) is 55.5 Å². The molecule has 0 aliphatic carbocycles. The average Bonchev–Trinajstić information content (AvgIpc) is 2.61. The second-order valence-corrected chi connectivity index (χ2v) is 6.14. The van der Waals surface area contributed by atoms with E-state index in [1.54, 1.807) is 0 Å². The predicted octanol–water partition coefficient (Wildman–Crippen LogP) is 4.18. The molecule has 0 spiro atoms. The van der Waals surface area contributed by atoms with Crippen molar-refractivity contribution in [1.82, 2.24) is 5.32 Å². The number of amides is 1. The van der Waals surface area contributed by atoms with Crippen LogP contribution < -0.4 is 5.32 Å². The minimum Gasteiger partial charge on any atom is -0.354 e. The van der Waals surface area contributed by atoms with Gasteiger partial charge in [-0.2, -0.15) is 0 Å². The first-order valence-corrected chi connectivity index (χ1v) is 8.56. The fraction of sp³-hybridized carbons (Fsp3) is 0.333. The van der Waals surface area contributed by atoms with Gasteiger partial charge in [0.1, 0.15) is 0 Å². The number of Topliss-reactive ketones (excluding diaryl/α,β-unsaturated/α-hetero) is 1. The number of rotatable bonds is 9. The maximum absolute atomic E-state index is 12.0. The van der Waals surface area contributed by atoms with Crippen LogP contribution in [-0.4, -0.2) is 17.7 Å². The lowest BCUT2D eigenvalue weighted by molar-refractivity contribution is -0.121. The Kier molecular flexibility index (Phi) is 7.21. The van der Waals surface area contributed by atoms with E-state index < -0.39 is 0 Å². The number of nitrogens with one attached hydrogen (secondary N) is 1. The van der Waals surface area contributed by atoms with Crippen molar-refractivity contribution in [2.24, 2.45) is 0 Å². The van der Waals surface area contributed by atoms with E-state index in [9.17, 15) is 9.59 Å². The van der Waals surface area contributed by atoms with Gasteiger partial charge in [-0.25, -0.2) is 0 Å². The molecule has 3 heteroatoms. The molecule has 0 aromatic heterocycles. The van der Waals surface area contributed by atoms with Crippen molar-refractivity contribution in [2.45, 2.75) is 45.1 Å². The Morgan fingerprint density at radius 3 is 2.21 bits per heavy atom. The molecule has 0 heterocycles. The molecule has 0 aliphatic rings. The Hall–Kier alpha value is -2.42. The summed E-state index contributed by atoms with van der Waals surface area (Å²) in [4.78, 5) is 23.9. The van der Waals surface area contributed by atoms with Crippen LogP contribution in [0.25, 0.3) is 0 Å². The van der Waals surface area contributed by atoms with E-state index >= 15 is 0 Å². The third kappa shape index (κ3) is 6.37. The predicted molar refractivity (Wildman–Crippen MR) is 97.0 cm³/mol. The van der Waals surface area contributed by atoms with Gasteiger partial charge in [0.05, 0.1) is 0 Å². The minimum absolute atomic E-state index is 0.0245. The molecule has 126 valence electrons. The van der Waals surface area contributed by atoms with Crippen molar-refractivity contribution in [1.29, 1.82) is 0 Å². The molecule has 0 unspecified atom stereocenters. The van der Waals surface area contributed by atoms with Gasteiger partial charge in [0.25, 0.3) is 0 Å². The standard InChI is InChI=1S/C21H25NO2/c1-17(15-16-18-9-4-2-5-10-18)22-21(24)14-8-13-20(23)19-11-6-3-7-12-19/h2-7,9-12,17H,8,13-16H2,1H3,(H,22,24)/t17-/m0/s1. The Balaban J connectivity index is 1.63. The Bertz CT molecular complexity index is 637. The Morgan fingerprint density at radius 2 is 1.54 bits per heavy atom. The van der Waals surface area contributed by atoms with Gasteiger partial charge in [0.15, 0.2) is 5.78 Å². The van der Waals surface area contributed by atoms with E-state index in [0.717, 1.165) is 12.8 Å². The smallest absolute Gasteiger partial charge is 0.220 e. The highest BCUT2D eigenvalue weighted by molar-refractivity contribution is 5.96. The molecule has 2 aromatic carbocycles. The molecule has 2 aromatic rings. The number of hydrogen-bond acceptors (Lipinski definition) is 2. The summed E-state index contributed by atoms with van der Waals surface area (Å²) in [6.07, 6.45) is 3.27. The molecule has 1 amide bonds. The summed E-state index contributed by atoms with van der Waals surface area (Å²) in [5.41, 5.74) is 2.00. The van der Waals surface area contributed by atoms with E-state index in [0.29, 0.717) is 24.8 Å². The highest BCUT2D eigenvalue weighted by Gasteiger charge is 2.10. The first-order chi connectivity index (χ1) is 11.6. The second kappa shape index (κ2) is 9.66. The van der Waals surface area contributed by atoms with Crippen LogP contribution in [0.15, 0.2) is 60.7 Å². The fourth-order valence-corrected chi connectivity index (χ4v) is 2.62. The minimum atomic E-state index is 0.0245. The van der Waals surface area contributed by atoms with Gasteiger partial charge >= 0.3 is 0 Å². The SMILES string of the molecule is C[C@@H](CCc1ccccc1)NC(=O)CCCC(=O)c1ccccc1. The number of carbonyl (C=O) groups excluding carboxylic acids is 2. The molecular formula is C21H25NO2. The van der Waals surface area contributed by atoms with Gasteiger partial charge in [-0.1, -0.05) is 60.7 Å². The van der Waals surface area contributed by atoms with Crippen molar-refractivity contribution in [3.63, 3.8) is 0 Å². The van der Waals surface area contributed by atoms with Crippen molar-refractivity contribution in [2.75, 3.05) is 0 Å². The summed E-state index contributed by atoms with van der Waals surface area (Å²) in [5.74, 6) is 0.122. The Morgan fingerprint density at radius 1 is 0.917 bits per heavy atom. The van der Waals surface area contributed by atoms with E-state index in [2.05, 4.69) is 17.4 Å². The zero-order chi connectivity index (χ0) is 17.2. The zero-order valence-electron chi connectivity index (χ0n) is 14.2. The van der Waals surface area contributed by atoms with Gasteiger partial charge in [-0.3, -0.25) is 9.59 Å². The third-order valence-corrected chi connectivity index (χ3v) is 4.02. The highest BCUT2D eigenvalue weighted by Crippen LogP contribution is 2.08. The van der Waals surface area contributed by atoms with Crippen LogP contribution in [0.2, 0.25) is 0 Å². The highest BCUT2D eigenvalue weighted by atomic mass is 16.1. The van der Waals surface area contributed by atoms with Gasteiger partial charge in [-0.05, 0) is 31.7 Å². The molecular weight excluding hydrogens is 298 g/mol. The molecule has 3 nitrogen and oxygen atoms in total. The molecule has 0 fully saturated rings. The second-order valence-electron chi connectivity index (χ2n) is 6.14. The van der Waals surface area contributed by atoms with Crippen molar-refractivity contribution >= 4 is 11.7 Å². The van der Waals surface area contributed by atoms with Gasteiger partial charge in [0.2, 0.25) is 5.91 Å². The van der Waals surface area contributed by atoms with Crippen LogP contribution in [0.5, 0.6) is 0 Å². The number of hydrogen-bond donors (Lipinski definition) is 1. The number of ketones is 1. The summed E-state index contributed by atoms with van der Waals surface area (Å²) in [5, 5.41) is 3.01. The molecule has 0 aliphatic heterocycles. The third-order valence-electron chi connectivity index (χ3n) is 4.02. The molecule has 0 saturated carbocycles. The number of carbonyl (C=O) groups is 2. The summed E-state index contributed by atoms with van der Waals surface area (Å²) in [6.45, 7) is 2.02. The monoisotopic (exact) mass is 323 g/mol. The molecule has 1 N–H and O–H groups in total. The van der Waals surface area contributed by atoms with Crippen LogP contribution in [0, 0.1) is 0 Å². The zero-order valence-corrected chi connectivity index (χ0v) is 14.2.